The average Bonchev–Trinajstić information content (AvgIpc) is 2.14. The molecule has 2 nitrogen and oxygen atoms in total. The molecule has 1 rings (SSSR count). The first-order chi connectivity index (χ1) is 7.30. The lowest BCUT2D eigenvalue weighted by Gasteiger charge is -2.13. The summed E-state index contributed by atoms with van der Waals surface area (Å²) in [6.45, 7) is 4.21. The van der Waals surface area contributed by atoms with E-state index in [1.165, 1.54) is 12.1 Å². The van der Waals surface area contributed by atoms with Crippen LogP contribution in [0.15, 0.2) is 18.2 Å². The first kappa shape index (κ1) is 12.7. The van der Waals surface area contributed by atoms with Gasteiger partial charge in [-0.3, -0.25) is 0 Å². The third kappa shape index (κ3) is 3.32. The Kier molecular flexibility index (Phi) is 3.67. The van der Waals surface area contributed by atoms with Crippen molar-refractivity contribution in [1.82, 2.24) is 0 Å². The van der Waals surface area contributed by atoms with E-state index >= 15 is 0 Å². The van der Waals surface area contributed by atoms with Gasteiger partial charge >= 0.3 is 6.18 Å². The Balaban J connectivity index is 2.90. The minimum Gasteiger partial charge on any atom is -0.493 e. The van der Waals surface area contributed by atoms with Crippen LogP contribution in [0.5, 0.6) is 5.75 Å². The number of nitrogens with two attached hydrogens (primary N) is 1. The van der Waals surface area contributed by atoms with Crippen LogP contribution in [-0.2, 0) is 6.18 Å². The maximum Gasteiger partial charge on any atom is 0.418 e. The first-order valence-corrected chi connectivity index (χ1v) is 4.90. The molecule has 0 heterocycles. The van der Waals surface area contributed by atoms with E-state index in [4.69, 9.17) is 10.5 Å². The highest BCUT2D eigenvalue weighted by Crippen LogP contribution is 2.35. The molecule has 0 amide bonds. The zero-order valence-electron chi connectivity index (χ0n) is 9.14. The van der Waals surface area contributed by atoms with Crippen LogP contribution in [0.25, 0.3) is 0 Å². The monoisotopic (exact) mass is 233 g/mol. The highest BCUT2D eigenvalue weighted by atomic mass is 19.4. The van der Waals surface area contributed by atoms with Crippen molar-refractivity contribution in [2.24, 2.45) is 5.92 Å². The van der Waals surface area contributed by atoms with Crippen LogP contribution in [-0.4, -0.2) is 6.61 Å². The summed E-state index contributed by atoms with van der Waals surface area (Å²) >= 11 is 0. The van der Waals surface area contributed by atoms with E-state index in [1.807, 2.05) is 13.8 Å². The maximum absolute atomic E-state index is 12.5. The Morgan fingerprint density at radius 1 is 1.31 bits per heavy atom. The smallest absolute Gasteiger partial charge is 0.418 e. The van der Waals surface area contributed by atoms with Gasteiger partial charge in [0.05, 0.1) is 12.2 Å². The van der Waals surface area contributed by atoms with E-state index in [-0.39, 0.29) is 17.4 Å². The Hall–Kier alpha value is -1.39. The minimum atomic E-state index is -4.44. The molecule has 0 saturated heterocycles. The fraction of sp³-hybridized carbons (Fsp3) is 0.455. The van der Waals surface area contributed by atoms with Crippen molar-refractivity contribution in [2.75, 3.05) is 12.3 Å². The average molecular weight is 233 g/mol. The number of alkyl halides is 3. The van der Waals surface area contributed by atoms with Crippen molar-refractivity contribution < 1.29 is 17.9 Å². The van der Waals surface area contributed by atoms with Gasteiger partial charge in [-0.1, -0.05) is 13.8 Å². The predicted octanol–water partition coefficient (Wildman–Crippen LogP) is 3.32. The number of benzene rings is 1. The van der Waals surface area contributed by atoms with Crippen LogP contribution in [0.4, 0.5) is 18.9 Å². The third-order valence-electron chi connectivity index (χ3n) is 1.91. The van der Waals surface area contributed by atoms with Crippen LogP contribution in [0, 0.1) is 5.92 Å². The molecule has 0 aromatic heterocycles. The van der Waals surface area contributed by atoms with Crippen molar-refractivity contribution in [2.45, 2.75) is 20.0 Å². The van der Waals surface area contributed by atoms with Crippen LogP contribution in [0.1, 0.15) is 19.4 Å². The Bertz CT molecular complexity index is 361. The third-order valence-corrected chi connectivity index (χ3v) is 1.91. The van der Waals surface area contributed by atoms with E-state index in [1.54, 1.807) is 0 Å². The SMILES string of the molecule is CC(C)COc1ccc(N)c(C(F)(F)F)c1. The summed E-state index contributed by atoms with van der Waals surface area (Å²) in [5.74, 6) is 0.446. The lowest BCUT2D eigenvalue weighted by atomic mass is 10.1. The summed E-state index contributed by atoms with van der Waals surface area (Å²) in [5, 5.41) is 0. The standard InChI is InChI=1S/C11H14F3NO/c1-7(2)6-16-8-3-4-10(15)9(5-8)11(12,13)14/h3-5,7H,6,15H2,1-2H3. The van der Waals surface area contributed by atoms with Crippen molar-refractivity contribution in [3.05, 3.63) is 23.8 Å². The molecule has 0 atom stereocenters. The first-order valence-electron chi connectivity index (χ1n) is 4.90. The predicted molar refractivity (Wildman–Crippen MR) is 56.2 cm³/mol. The van der Waals surface area contributed by atoms with Crippen LogP contribution >= 0.6 is 0 Å². The van der Waals surface area contributed by atoms with E-state index in [9.17, 15) is 13.2 Å². The molecule has 2 N–H and O–H groups in total. The van der Waals surface area contributed by atoms with Gasteiger partial charge in [-0.2, -0.15) is 13.2 Å². The topological polar surface area (TPSA) is 35.2 Å². The highest BCUT2D eigenvalue weighted by molar-refractivity contribution is 5.51. The molecule has 0 aliphatic carbocycles. The molecule has 0 radical (unpaired) electrons. The molecule has 0 unspecified atom stereocenters. The number of halogens is 3. The van der Waals surface area contributed by atoms with Crippen LogP contribution < -0.4 is 10.5 Å². The fourth-order valence-electron chi connectivity index (χ4n) is 1.13. The Labute approximate surface area is 92.2 Å². The molecule has 90 valence electrons. The second-order valence-electron chi connectivity index (χ2n) is 3.95. The molecular formula is C11H14F3NO. The molecule has 0 aliphatic heterocycles. The summed E-state index contributed by atoms with van der Waals surface area (Å²) in [5.41, 5.74) is 4.12. The zero-order valence-corrected chi connectivity index (χ0v) is 9.14. The Morgan fingerprint density at radius 3 is 2.44 bits per heavy atom. The Morgan fingerprint density at radius 2 is 1.94 bits per heavy atom. The lowest BCUT2D eigenvalue weighted by Crippen LogP contribution is -2.10. The number of anilines is 1. The van der Waals surface area contributed by atoms with Gasteiger partial charge in [-0.05, 0) is 24.1 Å². The maximum atomic E-state index is 12.5. The van der Waals surface area contributed by atoms with Gasteiger partial charge in [0.25, 0.3) is 0 Å². The number of nitrogen functional groups attached to an aromatic ring is 1. The van der Waals surface area contributed by atoms with E-state index in [0.717, 1.165) is 6.07 Å². The van der Waals surface area contributed by atoms with Gasteiger partial charge in [-0.25, -0.2) is 0 Å². The second-order valence-corrected chi connectivity index (χ2v) is 3.95. The normalized spacial score (nSPS) is 11.9. The molecule has 0 aliphatic rings. The number of hydrogen-bond acceptors (Lipinski definition) is 2. The molecule has 0 spiro atoms. The summed E-state index contributed by atoms with van der Waals surface area (Å²) in [4.78, 5) is 0. The van der Waals surface area contributed by atoms with Gasteiger partial charge < -0.3 is 10.5 Å². The van der Waals surface area contributed by atoms with Crippen molar-refractivity contribution in [1.29, 1.82) is 0 Å². The summed E-state index contributed by atoms with van der Waals surface area (Å²) in [7, 11) is 0. The quantitative estimate of drug-likeness (QED) is 0.813. The van der Waals surface area contributed by atoms with Crippen molar-refractivity contribution in [3.8, 4) is 5.75 Å². The summed E-state index contributed by atoms with van der Waals surface area (Å²) in [6.07, 6.45) is -4.44. The van der Waals surface area contributed by atoms with Crippen LogP contribution in [0.2, 0.25) is 0 Å². The number of ether oxygens (including phenoxy) is 1. The second kappa shape index (κ2) is 4.63. The van der Waals surface area contributed by atoms with Gasteiger partial charge in [0.2, 0.25) is 0 Å². The highest BCUT2D eigenvalue weighted by Gasteiger charge is 2.33. The zero-order chi connectivity index (χ0) is 12.3. The van der Waals surface area contributed by atoms with Gasteiger partial charge in [0.1, 0.15) is 5.75 Å². The molecule has 1 aromatic carbocycles. The lowest BCUT2D eigenvalue weighted by molar-refractivity contribution is -0.137. The molecule has 0 fully saturated rings. The minimum absolute atomic E-state index is 0.190. The van der Waals surface area contributed by atoms with Crippen molar-refractivity contribution in [3.63, 3.8) is 0 Å². The number of hydrogen-bond donors (Lipinski definition) is 1. The largest absolute Gasteiger partial charge is 0.493 e. The summed E-state index contributed by atoms with van der Waals surface area (Å²) in [6, 6.07) is 3.57. The van der Waals surface area contributed by atoms with Crippen molar-refractivity contribution >= 4 is 5.69 Å². The van der Waals surface area contributed by atoms with E-state index < -0.39 is 11.7 Å². The van der Waals surface area contributed by atoms with Gasteiger partial charge in [0, 0.05) is 5.69 Å². The molecule has 0 bridgehead atoms. The molecular weight excluding hydrogens is 219 g/mol. The van der Waals surface area contributed by atoms with Gasteiger partial charge in [0.15, 0.2) is 0 Å². The molecule has 1 aromatic rings. The van der Waals surface area contributed by atoms with E-state index in [0.29, 0.717) is 6.61 Å². The van der Waals surface area contributed by atoms with Crippen LogP contribution in [0.3, 0.4) is 0 Å². The molecule has 5 heteroatoms. The fourth-order valence-corrected chi connectivity index (χ4v) is 1.13. The van der Waals surface area contributed by atoms with E-state index in [2.05, 4.69) is 0 Å². The number of rotatable bonds is 3. The summed E-state index contributed by atoms with van der Waals surface area (Å²) < 4.78 is 42.7. The molecule has 16 heavy (non-hydrogen) atoms. The van der Waals surface area contributed by atoms with Gasteiger partial charge in [-0.15, -0.1) is 0 Å². The molecule has 0 saturated carbocycles.